The molecule has 35 heavy (non-hydrogen) atoms. The molecule has 0 atom stereocenters. The van der Waals surface area contributed by atoms with Crippen LogP contribution in [0.3, 0.4) is 0 Å². The van der Waals surface area contributed by atoms with Gasteiger partial charge in [-0.1, -0.05) is 47.5 Å². The molecule has 3 aromatic rings. The van der Waals surface area contributed by atoms with Crippen molar-refractivity contribution in [3.63, 3.8) is 0 Å². The van der Waals surface area contributed by atoms with E-state index in [2.05, 4.69) is 26.2 Å². The van der Waals surface area contributed by atoms with Gasteiger partial charge in [0.25, 0.3) is 5.91 Å². The number of hydrogen-bond acceptors (Lipinski definition) is 4. The number of piperazine rings is 1. The van der Waals surface area contributed by atoms with Crippen molar-refractivity contribution in [1.29, 1.82) is 0 Å². The van der Waals surface area contributed by atoms with Crippen molar-refractivity contribution in [3.05, 3.63) is 70.3 Å². The number of amides is 1. The van der Waals surface area contributed by atoms with E-state index in [1.54, 1.807) is 6.20 Å². The fourth-order valence-electron chi connectivity index (χ4n) is 5.47. The molecule has 0 radical (unpaired) electrons. The maximum atomic E-state index is 12.9. The van der Waals surface area contributed by atoms with Crippen LogP contribution in [-0.4, -0.2) is 54.6 Å². The molecule has 5 nitrogen and oxygen atoms in total. The molecule has 1 aromatic heterocycles. The summed E-state index contributed by atoms with van der Waals surface area (Å²) in [4.78, 5) is 22.2. The van der Waals surface area contributed by atoms with Gasteiger partial charge in [-0.15, -0.1) is 0 Å². The van der Waals surface area contributed by atoms with E-state index in [0.29, 0.717) is 10.0 Å². The maximum absolute atomic E-state index is 12.9. The average molecular weight is 511 g/mol. The third-order valence-corrected chi connectivity index (χ3v) is 8.38. The fourth-order valence-corrected chi connectivity index (χ4v) is 5.88. The number of carbonyl (C=O) groups is 1. The Morgan fingerprint density at radius 1 is 0.943 bits per heavy atom. The quantitative estimate of drug-likeness (QED) is 0.438. The zero-order valence-corrected chi connectivity index (χ0v) is 21.4. The zero-order chi connectivity index (χ0) is 24.2. The second kappa shape index (κ2) is 11.2. The molecule has 2 fully saturated rings. The van der Waals surface area contributed by atoms with Crippen LogP contribution in [0, 0.1) is 5.92 Å². The molecule has 1 amide bonds. The monoisotopic (exact) mass is 510 g/mol. The van der Waals surface area contributed by atoms with E-state index in [4.69, 9.17) is 23.2 Å². The summed E-state index contributed by atoms with van der Waals surface area (Å²) < 4.78 is 0. The van der Waals surface area contributed by atoms with Gasteiger partial charge < -0.3 is 10.2 Å². The summed E-state index contributed by atoms with van der Waals surface area (Å²) in [5, 5.41) is 5.47. The lowest BCUT2D eigenvalue weighted by Crippen LogP contribution is -2.47. The first-order valence-electron chi connectivity index (χ1n) is 12.6. The number of aromatic nitrogens is 1. The second-order valence-electron chi connectivity index (χ2n) is 9.76. The van der Waals surface area contributed by atoms with Crippen molar-refractivity contribution >= 4 is 45.7 Å². The summed E-state index contributed by atoms with van der Waals surface area (Å²) in [5.41, 5.74) is 2.62. The number of nitrogens with zero attached hydrogens (tertiary/aromatic N) is 3. The van der Waals surface area contributed by atoms with E-state index in [1.807, 2.05) is 42.5 Å². The maximum Gasteiger partial charge on any atom is 0.252 e. The Morgan fingerprint density at radius 3 is 2.51 bits per heavy atom. The highest BCUT2D eigenvalue weighted by molar-refractivity contribution is 6.43. The Morgan fingerprint density at radius 2 is 1.71 bits per heavy atom. The normalized spacial score (nSPS) is 21.3. The summed E-state index contributed by atoms with van der Waals surface area (Å²) in [6, 6.07) is 15.8. The number of rotatable bonds is 6. The predicted molar refractivity (Wildman–Crippen MR) is 145 cm³/mol. The van der Waals surface area contributed by atoms with Gasteiger partial charge >= 0.3 is 0 Å². The minimum Gasteiger partial charge on any atom is -0.368 e. The second-order valence-corrected chi connectivity index (χ2v) is 10.5. The van der Waals surface area contributed by atoms with Crippen molar-refractivity contribution < 1.29 is 4.79 Å². The molecule has 184 valence electrons. The molecule has 2 heterocycles. The Balaban J connectivity index is 1.05. The van der Waals surface area contributed by atoms with E-state index in [9.17, 15) is 4.79 Å². The van der Waals surface area contributed by atoms with E-state index >= 15 is 0 Å². The number of pyridine rings is 1. The summed E-state index contributed by atoms with van der Waals surface area (Å²) >= 11 is 12.6. The zero-order valence-electron chi connectivity index (χ0n) is 19.9. The van der Waals surface area contributed by atoms with Crippen LogP contribution in [0.4, 0.5) is 5.69 Å². The molecular formula is C28H32Cl2N4O. The Labute approximate surface area is 217 Å². The molecule has 1 saturated heterocycles. The number of benzene rings is 2. The topological polar surface area (TPSA) is 48.5 Å². The highest BCUT2D eigenvalue weighted by Gasteiger charge is 2.25. The summed E-state index contributed by atoms with van der Waals surface area (Å²) in [5.74, 6) is 0.759. The van der Waals surface area contributed by atoms with Crippen LogP contribution in [-0.2, 0) is 0 Å². The van der Waals surface area contributed by atoms with E-state index < -0.39 is 0 Å². The SMILES string of the molecule is O=C(NC1CCC(CCN2CCN(c3cccc(Cl)c3Cl)CC2)CC1)c1ccnc2ccccc12. The first-order valence-corrected chi connectivity index (χ1v) is 13.4. The van der Waals surface area contributed by atoms with Crippen molar-refractivity contribution in [2.45, 2.75) is 38.1 Å². The molecular weight excluding hydrogens is 479 g/mol. The van der Waals surface area contributed by atoms with Crippen molar-refractivity contribution in [2.75, 3.05) is 37.6 Å². The average Bonchev–Trinajstić information content (AvgIpc) is 2.90. The van der Waals surface area contributed by atoms with Gasteiger partial charge in [-0.3, -0.25) is 14.7 Å². The van der Waals surface area contributed by atoms with Gasteiger partial charge in [0, 0.05) is 43.8 Å². The predicted octanol–water partition coefficient (Wildman–Crippen LogP) is 6.04. The minimum absolute atomic E-state index is 0.0183. The van der Waals surface area contributed by atoms with Crippen molar-refractivity contribution in [2.24, 2.45) is 5.92 Å². The van der Waals surface area contributed by atoms with Gasteiger partial charge in [0.15, 0.2) is 0 Å². The highest BCUT2D eigenvalue weighted by atomic mass is 35.5. The van der Waals surface area contributed by atoms with Crippen LogP contribution in [0.1, 0.15) is 42.5 Å². The van der Waals surface area contributed by atoms with Gasteiger partial charge in [-0.25, -0.2) is 0 Å². The van der Waals surface area contributed by atoms with Gasteiger partial charge in [0.2, 0.25) is 0 Å². The largest absolute Gasteiger partial charge is 0.368 e. The summed E-state index contributed by atoms with van der Waals surface area (Å²) in [6.07, 6.45) is 7.42. The number of fused-ring (bicyclic) bond motifs is 1. The number of halogens is 2. The van der Waals surface area contributed by atoms with Crippen LogP contribution in [0.5, 0.6) is 0 Å². The fraction of sp³-hybridized carbons (Fsp3) is 0.429. The molecule has 2 aliphatic rings. The van der Waals surface area contributed by atoms with Gasteiger partial charge in [0.1, 0.15) is 0 Å². The van der Waals surface area contributed by atoms with Gasteiger partial charge in [-0.05, 0) is 68.8 Å². The van der Waals surface area contributed by atoms with E-state index in [0.717, 1.165) is 73.6 Å². The van der Waals surface area contributed by atoms with Crippen LogP contribution in [0.15, 0.2) is 54.7 Å². The third kappa shape index (κ3) is 5.74. The standard InChI is InChI=1S/C28H32Cl2N4O/c29-24-5-3-7-26(27(24)30)34-18-16-33(17-19-34)15-13-20-8-10-21(11-9-20)32-28(35)23-12-14-31-25-6-2-1-4-22(23)25/h1-7,12,14,20-21H,8-11,13,15-19H2,(H,32,35). The summed E-state index contributed by atoms with van der Waals surface area (Å²) in [7, 11) is 0. The summed E-state index contributed by atoms with van der Waals surface area (Å²) in [6.45, 7) is 5.19. The number of para-hydroxylation sites is 1. The molecule has 5 rings (SSSR count). The number of carbonyl (C=O) groups excluding carboxylic acids is 1. The van der Waals surface area contributed by atoms with Gasteiger partial charge in [-0.2, -0.15) is 0 Å². The molecule has 0 spiro atoms. The Kier molecular flexibility index (Phi) is 7.76. The lowest BCUT2D eigenvalue weighted by atomic mass is 9.84. The van der Waals surface area contributed by atoms with Crippen LogP contribution < -0.4 is 10.2 Å². The van der Waals surface area contributed by atoms with Crippen LogP contribution >= 0.6 is 23.2 Å². The molecule has 0 bridgehead atoms. The Hall–Kier alpha value is -2.34. The molecule has 1 N–H and O–H groups in total. The molecule has 7 heteroatoms. The van der Waals surface area contributed by atoms with E-state index in [1.165, 1.54) is 19.3 Å². The minimum atomic E-state index is 0.0183. The molecule has 1 aliphatic heterocycles. The van der Waals surface area contributed by atoms with Crippen LogP contribution in [0.2, 0.25) is 10.0 Å². The van der Waals surface area contributed by atoms with E-state index in [-0.39, 0.29) is 11.9 Å². The van der Waals surface area contributed by atoms with Gasteiger partial charge in [0.05, 0.1) is 26.8 Å². The first kappa shape index (κ1) is 24.4. The molecule has 1 aliphatic carbocycles. The van der Waals surface area contributed by atoms with Crippen molar-refractivity contribution in [3.8, 4) is 0 Å². The first-order chi connectivity index (χ1) is 17.1. The number of anilines is 1. The smallest absolute Gasteiger partial charge is 0.252 e. The number of nitrogens with one attached hydrogen (secondary N) is 1. The van der Waals surface area contributed by atoms with Crippen molar-refractivity contribution in [1.82, 2.24) is 15.2 Å². The third-order valence-electron chi connectivity index (χ3n) is 7.57. The molecule has 0 unspecified atom stereocenters. The highest BCUT2D eigenvalue weighted by Crippen LogP contribution is 2.33. The van der Waals surface area contributed by atoms with Crippen LogP contribution in [0.25, 0.3) is 10.9 Å². The lowest BCUT2D eigenvalue weighted by molar-refractivity contribution is 0.0921. The Bertz CT molecular complexity index is 1170. The molecule has 1 saturated carbocycles. The number of hydrogen-bond donors (Lipinski definition) is 1. The lowest BCUT2D eigenvalue weighted by Gasteiger charge is -2.37. The molecule has 2 aromatic carbocycles.